The molecule has 3 nitrogen and oxygen atoms in total. The number of carbonyl (C=O) groups excluding carboxylic acids is 1. The smallest absolute Gasteiger partial charge is 0.248 e. The van der Waals surface area contributed by atoms with Crippen molar-refractivity contribution >= 4 is 12.1 Å². The van der Waals surface area contributed by atoms with Crippen LogP contribution in [0.25, 0.3) is 0 Å². The first-order valence-corrected chi connectivity index (χ1v) is 7.57. The highest BCUT2D eigenvalue weighted by atomic mass is 16.2. The molecule has 21 heavy (non-hydrogen) atoms. The van der Waals surface area contributed by atoms with Crippen LogP contribution in [-0.4, -0.2) is 17.1 Å². The van der Waals surface area contributed by atoms with Crippen LogP contribution >= 0.6 is 0 Å². The van der Waals surface area contributed by atoms with Gasteiger partial charge in [-0.05, 0) is 16.5 Å². The highest BCUT2D eigenvalue weighted by Crippen LogP contribution is 2.33. The molecule has 114 valence electrons. The van der Waals surface area contributed by atoms with Gasteiger partial charge in [0.15, 0.2) is 0 Å². The first kappa shape index (κ1) is 15.7. The molecule has 0 fully saturated rings. The van der Waals surface area contributed by atoms with Crippen LogP contribution in [0.1, 0.15) is 65.1 Å². The highest BCUT2D eigenvalue weighted by Gasteiger charge is 2.34. The van der Waals surface area contributed by atoms with Gasteiger partial charge in [0, 0.05) is 18.1 Å². The van der Waals surface area contributed by atoms with Crippen molar-refractivity contribution in [2.45, 2.75) is 59.4 Å². The molecular weight excluding hydrogens is 260 g/mol. The molecule has 0 saturated carbocycles. The van der Waals surface area contributed by atoms with Crippen molar-refractivity contribution in [3.63, 3.8) is 0 Å². The molecule has 0 saturated heterocycles. The summed E-state index contributed by atoms with van der Waals surface area (Å²) in [6.07, 6.45) is 2.63. The number of hydrazone groups is 1. The van der Waals surface area contributed by atoms with E-state index in [2.05, 4.69) is 50.1 Å². The minimum atomic E-state index is -0.411. The highest BCUT2D eigenvalue weighted by molar-refractivity contribution is 5.84. The van der Waals surface area contributed by atoms with Crippen LogP contribution in [0.4, 0.5) is 0 Å². The van der Waals surface area contributed by atoms with Gasteiger partial charge in [0.1, 0.15) is 0 Å². The first-order valence-electron chi connectivity index (χ1n) is 7.57. The fourth-order valence-electron chi connectivity index (χ4n) is 2.44. The normalized spacial score (nSPS) is 19.1. The average Bonchev–Trinajstić information content (AvgIpc) is 2.84. The summed E-state index contributed by atoms with van der Waals surface area (Å²) in [5.41, 5.74) is 2.19. The molecule has 0 N–H and O–H groups in total. The van der Waals surface area contributed by atoms with Gasteiger partial charge in [-0.3, -0.25) is 4.79 Å². The Kier molecular flexibility index (Phi) is 3.96. The van der Waals surface area contributed by atoms with E-state index in [9.17, 15) is 4.79 Å². The predicted molar refractivity (Wildman–Crippen MR) is 87.3 cm³/mol. The van der Waals surface area contributed by atoms with E-state index < -0.39 is 5.41 Å². The summed E-state index contributed by atoms with van der Waals surface area (Å²) in [5.74, 6) is 0.0705. The second-order valence-electron chi connectivity index (χ2n) is 7.82. The van der Waals surface area contributed by atoms with Gasteiger partial charge in [-0.25, -0.2) is 5.01 Å². The van der Waals surface area contributed by atoms with Crippen LogP contribution in [-0.2, 0) is 10.2 Å². The summed E-state index contributed by atoms with van der Waals surface area (Å²) in [4.78, 5) is 12.5. The Morgan fingerprint density at radius 3 is 2.14 bits per heavy atom. The Hall–Kier alpha value is -1.64. The molecule has 1 unspecified atom stereocenters. The van der Waals surface area contributed by atoms with E-state index in [4.69, 9.17) is 0 Å². The summed E-state index contributed by atoms with van der Waals surface area (Å²) < 4.78 is 0. The largest absolute Gasteiger partial charge is 0.272 e. The second kappa shape index (κ2) is 5.28. The Bertz CT molecular complexity index is 544. The number of amides is 1. The van der Waals surface area contributed by atoms with E-state index in [0.29, 0.717) is 0 Å². The van der Waals surface area contributed by atoms with Gasteiger partial charge in [0.2, 0.25) is 5.91 Å². The molecule has 1 aliphatic heterocycles. The van der Waals surface area contributed by atoms with Crippen molar-refractivity contribution < 1.29 is 4.79 Å². The molecule has 1 aliphatic rings. The van der Waals surface area contributed by atoms with Crippen LogP contribution in [0.2, 0.25) is 0 Å². The average molecular weight is 286 g/mol. The van der Waals surface area contributed by atoms with Gasteiger partial charge >= 0.3 is 0 Å². The van der Waals surface area contributed by atoms with Gasteiger partial charge < -0.3 is 0 Å². The lowest BCUT2D eigenvalue weighted by atomic mass is 9.86. The number of carbonyl (C=O) groups is 1. The Morgan fingerprint density at radius 1 is 1.10 bits per heavy atom. The van der Waals surface area contributed by atoms with E-state index in [0.717, 1.165) is 12.0 Å². The molecular formula is C18H26N2O. The van der Waals surface area contributed by atoms with Crippen LogP contribution in [0, 0.1) is 5.41 Å². The van der Waals surface area contributed by atoms with Crippen molar-refractivity contribution in [1.82, 2.24) is 5.01 Å². The fraction of sp³-hybridized carbons (Fsp3) is 0.556. The number of hydrogen-bond acceptors (Lipinski definition) is 2. The van der Waals surface area contributed by atoms with E-state index in [-0.39, 0.29) is 17.4 Å². The minimum absolute atomic E-state index is 0.0331. The number of hydrogen-bond donors (Lipinski definition) is 0. The summed E-state index contributed by atoms with van der Waals surface area (Å²) in [6, 6.07) is 8.61. The molecule has 1 amide bonds. The molecule has 0 aromatic heterocycles. The predicted octanol–water partition coefficient (Wildman–Crippen LogP) is 4.29. The summed E-state index contributed by atoms with van der Waals surface area (Å²) in [5, 5.41) is 5.93. The van der Waals surface area contributed by atoms with Gasteiger partial charge in [-0.1, -0.05) is 65.8 Å². The zero-order chi connectivity index (χ0) is 15.8. The topological polar surface area (TPSA) is 32.7 Å². The van der Waals surface area contributed by atoms with Crippen LogP contribution in [0.5, 0.6) is 0 Å². The molecule has 0 spiro atoms. The molecule has 0 bridgehead atoms. The van der Waals surface area contributed by atoms with Gasteiger partial charge in [-0.2, -0.15) is 5.10 Å². The van der Waals surface area contributed by atoms with Crippen molar-refractivity contribution in [1.29, 1.82) is 0 Å². The van der Waals surface area contributed by atoms with E-state index in [1.807, 2.05) is 27.0 Å². The minimum Gasteiger partial charge on any atom is -0.272 e. The second-order valence-corrected chi connectivity index (χ2v) is 7.82. The maximum atomic E-state index is 12.5. The lowest BCUT2D eigenvalue weighted by molar-refractivity contribution is -0.141. The maximum Gasteiger partial charge on any atom is 0.248 e. The van der Waals surface area contributed by atoms with Crippen molar-refractivity contribution in [2.24, 2.45) is 10.5 Å². The maximum absolute atomic E-state index is 12.5. The molecule has 0 radical (unpaired) electrons. The van der Waals surface area contributed by atoms with Crippen molar-refractivity contribution in [2.75, 3.05) is 0 Å². The van der Waals surface area contributed by atoms with Gasteiger partial charge in [0.25, 0.3) is 0 Å². The summed E-state index contributed by atoms with van der Waals surface area (Å²) in [6.45, 7) is 12.4. The van der Waals surface area contributed by atoms with Crippen molar-refractivity contribution in [3.8, 4) is 0 Å². The Balaban J connectivity index is 2.24. The summed E-state index contributed by atoms with van der Waals surface area (Å²) in [7, 11) is 0. The zero-order valence-electron chi connectivity index (χ0n) is 14.0. The third kappa shape index (κ3) is 3.34. The quantitative estimate of drug-likeness (QED) is 0.758. The van der Waals surface area contributed by atoms with Gasteiger partial charge in [0.05, 0.1) is 6.04 Å². The number of rotatable bonds is 1. The lowest BCUT2D eigenvalue weighted by Crippen LogP contribution is -2.36. The van der Waals surface area contributed by atoms with E-state index in [1.54, 1.807) is 5.01 Å². The molecule has 1 atom stereocenters. The molecule has 1 aromatic rings. The standard InChI is InChI=1S/C18H26N2O/c1-17(2,3)14-9-7-13(8-10-14)15-11-12-19-20(15)16(21)18(4,5)6/h7-10,12,15H,11H2,1-6H3. The van der Waals surface area contributed by atoms with E-state index in [1.165, 1.54) is 5.56 Å². The van der Waals surface area contributed by atoms with Crippen LogP contribution in [0.3, 0.4) is 0 Å². The fourth-order valence-corrected chi connectivity index (χ4v) is 2.44. The summed E-state index contributed by atoms with van der Waals surface area (Å²) >= 11 is 0. The number of benzene rings is 1. The molecule has 1 heterocycles. The van der Waals surface area contributed by atoms with Crippen LogP contribution in [0.15, 0.2) is 29.4 Å². The zero-order valence-corrected chi connectivity index (χ0v) is 14.0. The molecule has 1 aromatic carbocycles. The van der Waals surface area contributed by atoms with Crippen LogP contribution < -0.4 is 0 Å². The first-order chi connectivity index (χ1) is 9.60. The Labute approximate surface area is 128 Å². The SMILES string of the molecule is CC(C)(C)C(=O)N1N=CCC1c1ccc(C(C)(C)C)cc1. The Morgan fingerprint density at radius 2 is 1.67 bits per heavy atom. The van der Waals surface area contributed by atoms with Gasteiger partial charge in [-0.15, -0.1) is 0 Å². The van der Waals surface area contributed by atoms with E-state index >= 15 is 0 Å². The monoisotopic (exact) mass is 286 g/mol. The molecule has 2 rings (SSSR count). The molecule has 3 heteroatoms. The number of nitrogens with zero attached hydrogens (tertiary/aromatic N) is 2. The third-order valence-electron chi connectivity index (χ3n) is 3.84. The third-order valence-corrected chi connectivity index (χ3v) is 3.84. The van der Waals surface area contributed by atoms with Crippen molar-refractivity contribution in [3.05, 3.63) is 35.4 Å². The lowest BCUT2D eigenvalue weighted by Gasteiger charge is -2.29. The molecule has 0 aliphatic carbocycles.